The number of benzene rings is 2. The molecule has 7 nitrogen and oxygen atoms in total. The van der Waals surface area contributed by atoms with Gasteiger partial charge in [0.05, 0.1) is 16.3 Å². The quantitative estimate of drug-likeness (QED) is 0.576. The predicted molar refractivity (Wildman–Crippen MR) is 106 cm³/mol. The smallest absolute Gasteiger partial charge is 0.291 e. The molecule has 11 heteroatoms. The van der Waals surface area contributed by atoms with Crippen molar-refractivity contribution in [3.63, 3.8) is 0 Å². The number of halogens is 2. The van der Waals surface area contributed by atoms with Gasteiger partial charge in [0, 0.05) is 5.02 Å². The second-order valence-electron chi connectivity index (χ2n) is 5.37. The number of nitrogens with one attached hydrogen (secondary N) is 2. The lowest BCUT2D eigenvalue weighted by atomic mass is 10.2. The molecule has 0 unspecified atom stereocenters. The first-order valence-electron chi connectivity index (χ1n) is 7.44. The number of aromatic nitrogens is 2. The van der Waals surface area contributed by atoms with E-state index in [0.717, 1.165) is 11.3 Å². The standard InChI is InChI=1S/C16H12Cl2N4O3S2/c1-9-8-10(17)6-7-13(9)22-27(24,25)16-21-20-15(26-16)19-14(23)11-4-2-3-5-12(11)18/h2-8,22H,1H3,(H,19,20,23). The molecule has 2 aromatic carbocycles. The minimum Gasteiger partial charge on any atom is -0.296 e. The predicted octanol–water partition coefficient (Wildman–Crippen LogP) is 4.21. The molecule has 0 saturated carbocycles. The van der Waals surface area contributed by atoms with Gasteiger partial charge in [-0.05, 0) is 42.8 Å². The first-order chi connectivity index (χ1) is 12.8. The molecule has 0 saturated heterocycles. The fraction of sp³-hybridized carbons (Fsp3) is 0.0625. The molecule has 0 aliphatic heterocycles. The van der Waals surface area contributed by atoms with Crippen LogP contribution in [0.25, 0.3) is 0 Å². The molecule has 27 heavy (non-hydrogen) atoms. The van der Waals surface area contributed by atoms with Crippen LogP contribution >= 0.6 is 34.5 Å². The highest BCUT2D eigenvalue weighted by atomic mass is 35.5. The third kappa shape index (κ3) is 4.56. The van der Waals surface area contributed by atoms with Crippen LogP contribution < -0.4 is 10.0 Å². The van der Waals surface area contributed by atoms with Gasteiger partial charge < -0.3 is 0 Å². The molecule has 0 fully saturated rings. The Kier molecular flexibility index (Phi) is 5.66. The molecule has 1 amide bonds. The zero-order valence-electron chi connectivity index (χ0n) is 13.7. The van der Waals surface area contributed by atoms with Gasteiger partial charge in [0.25, 0.3) is 20.3 Å². The van der Waals surface area contributed by atoms with E-state index in [-0.39, 0.29) is 20.1 Å². The Hall–Kier alpha value is -2.20. The maximum atomic E-state index is 12.5. The summed E-state index contributed by atoms with van der Waals surface area (Å²) in [6.07, 6.45) is 0. The summed E-state index contributed by atoms with van der Waals surface area (Å²) in [5.41, 5.74) is 1.27. The highest BCUT2D eigenvalue weighted by molar-refractivity contribution is 7.94. The van der Waals surface area contributed by atoms with Gasteiger partial charge in [-0.2, -0.15) is 8.42 Å². The van der Waals surface area contributed by atoms with Crippen LogP contribution in [-0.4, -0.2) is 24.5 Å². The van der Waals surface area contributed by atoms with Crippen LogP contribution in [0, 0.1) is 6.92 Å². The van der Waals surface area contributed by atoms with Crippen molar-refractivity contribution in [3.05, 3.63) is 63.6 Å². The third-order valence-electron chi connectivity index (χ3n) is 3.41. The molecule has 3 rings (SSSR count). The van der Waals surface area contributed by atoms with Gasteiger partial charge in [0.15, 0.2) is 0 Å². The maximum absolute atomic E-state index is 12.5. The molecule has 140 valence electrons. The molecule has 0 radical (unpaired) electrons. The lowest BCUT2D eigenvalue weighted by molar-refractivity contribution is 0.102. The molecular formula is C16H12Cl2N4O3S2. The van der Waals surface area contributed by atoms with Crippen LogP contribution in [0.4, 0.5) is 10.8 Å². The molecule has 3 aromatic rings. The molecule has 0 atom stereocenters. The summed E-state index contributed by atoms with van der Waals surface area (Å²) in [6.45, 7) is 1.72. The lowest BCUT2D eigenvalue weighted by Gasteiger charge is -2.08. The highest BCUT2D eigenvalue weighted by Crippen LogP contribution is 2.26. The van der Waals surface area contributed by atoms with E-state index in [1.54, 1.807) is 49.4 Å². The van der Waals surface area contributed by atoms with Crippen molar-refractivity contribution < 1.29 is 13.2 Å². The van der Waals surface area contributed by atoms with Crippen molar-refractivity contribution in [2.45, 2.75) is 11.3 Å². The summed E-state index contributed by atoms with van der Waals surface area (Å²) in [6, 6.07) is 11.2. The molecule has 0 bridgehead atoms. The number of hydrogen-bond acceptors (Lipinski definition) is 6. The van der Waals surface area contributed by atoms with Crippen molar-refractivity contribution in [3.8, 4) is 0 Å². The van der Waals surface area contributed by atoms with Gasteiger partial charge >= 0.3 is 0 Å². The molecule has 1 heterocycles. The fourth-order valence-electron chi connectivity index (χ4n) is 2.11. The van der Waals surface area contributed by atoms with Crippen molar-refractivity contribution >= 4 is 61.3 Å². The normalized spacial score (nSPS) is 11.2. The first-order valence-corrected chi connectivity index (χ1v) is 10.5. The van der Waals surface area contributed by atoms with Crippen molar-refractivity contribution in [2.24, 2.45) is 0 Å². The lowest BCUT2D eigenvalue weighted by Crippen LogP contribution is -2.13. The van der Waals surface area contributed by atoms with E-state index < -0.39 is 15.9 Å². The van der Waals surface area contributed by atoms with Gasteiger partial charge in [-0.25, -0.2) is 0 Å². The number of aryl methyl sites for hydroxylation is 1. The molecule has 2 N–H and O–H groups in total. The minimum atomic E-state index is -3.96. The zero-order valence-corrected chi connectivity index (χ0v) is 16.9. The van der Waals surface area contributed by atoms with Gasteiger partial charge in [-0.1, -0.05) is 46.7 Å². The molecular weight excluding hydrogens is 431 g/mol. The van der Waals surface area contributed by atoms with Crippen LogP contribution in [-0.2, 0) is 10.0 Å². The minimum absolute atomic E-state index is 0.0353. The molecule has 0 spiro atoms. The number of hydrogen-bond donors (Lipinski definition) is 2. The molecule has 1 aromatic heterocycles. The van der Waals surface area contributed by atoms with Gasteiger partial charge in [-0.15, -0.1) is 10.2 Å². The Labute approximate surface area is 169 Å². The van der Waals surface area contributed by atoms with E-state index in [1.165, 1.54) is 0 Å². The average molecular weight is 443 g/mol. The van der Waals surface area contributed by atoms with Crippen molar-refractivity contribution in [2.75, 3.05) is 10.0 Å². The van der Waals surface area contributed by atoms with E-state index in [9.17, 15) is 13.2 Å². The van der Waals surface area contributed by atoms with Gasteiger partial charge in [-0.3, -0.25) is 14.8 Å². The monoisotopic (exact) mass is 442 g/mol. The van der Waals surface area contributed by atoms with Crippen LogP contribution in [0.2, 0.25) is 10.0 Å². The maximum Gasteiger partial charge on any atom is 0.291 e. The molecule has 0 aliphatic carbocycles. The number of carbonyl (C=O) groups is 1. The topological polar surface area (TPSA) is 101 Å². The van der Waals surface area contributed by atoms with Crippen LogP contribution in [0.1, 0.15) is 15.9 Å². The summed E-state index contributed by atoms with van der Waals surface area (Å²) in [5.74, 6) is -0.512. The molecule has 0 aliphatic rings. The Morgan fingerprint density at radius 2 is 1.85 bits per heavy atom. The summed E-state index contributed by atoms with van der Waals surface area (Å²) in [7, 11) is -3.96. The average Bonchev–Trinajstić information content (AvgIpc) is 3.07. The van der Waals surface area contributed by atoms with E-state index in [2.05, 4.69) is 20.2 Å². The Morgan fingerprint density at radius 1 is 1.11 bits per heavy atom. The second-order valence-corrected chi connectivity index (χ2v) is 9.05. The van der Waals surface area contributed by atoms with Gasteiger partial charge in [0.1, 0.15) is 0 Å². The van der Waals surface area contributed by atoms with E-state index >= 15 is 0 Å². The Morgan fingerprint density at radius 3 is 2.56 bits per heavy atom. The fourth-order valence-corrected chi connectivity index (χ4v) is 4.58. The van der Waals surface area contributed by atoms with Gasteiger partial charge in [0.2, 0.25) is 5.13 Å². The second kappa shape index (κ2) is 7.81. The van der Waals surface area contributed by atoms with Crippen molar-refractivity contribution in [1.29, 1.82) is 0 Å². The number of amides is 1. The van der Waals surface area contributed by atoms with E-state index in [1.807, 2.05) is 0 Å². The van der Waals surface area contributed by atoms with E-state index in [0.29, 0.717) is 16.3 Å². The number of rotatable bonds is 5. The summed E-state index contributed by atoms with van der Waals surface area (Å²) < 4.78 is 27.1. The van der Waals surface area contributed by atoms with E-state index in [4.69, 9.17) is 23.2 Å². The first kappa shape index (κ1) is 19.6. The SMILES string of the molecule is Cc1cc(Cl)ccc1NS(=O)(=O)c1nnc(NC(=O)c2ccccc2Cl)s1. The number of carbonyl (C=O) groups excluding carboxylic acids is 1. The largest absolute Gasteiger partial charge is 0.296 e. The highest BCUT2D eigenvalue weighted by Gasteiger charge is 2.22. The summed E-state index contributed by atoms with van der Waals surface area (Å²) in [5, 5.41) is 10.6. The zero-order chi connectivity index (χ0) is 19.6. The summed E-state index contributed by atoms with van der Waals surface area (Å²) in [4.78, 5) is 12.2. The number of sulfonamides is 1. The number of anilines is 2. The third-order valence-corrected chi connectivity index (χ3v) is 6.54. The van der Waals surface area contributed by atoms with Crippen LogP contribution in [0.15, 0.2) is 46.8 Å². The Balaban J connectivity index is 1.78. The van der Waals surface area contributed by atoms with Crippen molar-refractivity contribution in [1.82, 2.24) is 10.2 Å². The Bertz CT molecular complexity index is 1120. The van der Waals surface area contributed by atoms with Crippen LogP contribution in [0.5, 0.6) is 0 Å². The van der Waals surface area contributed by atoms with Crippen LogP contribution in [0.3, 0.4) is 0 Å². The number of nitrogens with zero attached hydrogens (tertiary/aromatic N) is 2. The summed E-state index contributed by atoms with van der Waals surface area (Å²) >= 11 is 12.6.